The molecular formula is C21H22N4O4S. The number of rotatable bonds is 9. The van der Waals surface area contributed by atoms with Crippen LogP contribution in [0.25, 0.3) is 0 Å². The van der Waals surface area contributed by atoms with E-state index in [1.54, 1.807) is 10.6 Å². The molecule has 0 saturated carbocycles. The third-order valence-electron chi connectivity index (χ3n) is 4.59. The second-order valence-corrected chi connectivity index (χ2v) is 7.62. The number of ketones is 1. The predicted octanol–water partition coefficient (Wildman–Crippen LogP) is 4.40. The minimum absolute atomic E-state index is 0.0981. The van der Waals surface area contributed by atoms with E-state index < -0.39 is 4.92 Å². The maximum Gasteiger partial charge on any atom is 0.270 e. The van der Waals surface area contributed by atoms with Gasteiger partial charge in [0.15, 0.2) is 22.9 Å². The van der Waals surface area contributed by atoms with Crippen molar-refractivity contribution in [1.29, 1.82) is 0 Å². The van der Waals surface area contributed by atoms with Gasteiger partial charge in [0.25, 0.3) is 5.69 Å². The van der Waals surface area contributed by atoms with Crippen molar-refractivity contribution >= 4 is 23.2 Å². The van der Waals surface area contributed by atoms with E-state index in [4.69, 9.17) is 4.74 Å². The normalized spacial score (nSPS) is 11.8. The Bertz CT molecular complexity index is 1050. The van der Waals surface area contributed by atoms with Crippen molar-refractivity contribution in [2.45, 2.75) is 31.5 Å². The van der Waals surface area contributed by atoms with Crippen molar-refractivity contribution in [3.8, 4) is 5.75 Å². The first-order chi connectivity index (χ1) is 14.4. The molecule has 156 valence electrons. The Kier molecular flexibility index (Phi) is 6.83. The van der Waals surface area contributed by atoms with Crippen LogP contribution in [-0.4, -0.2) is 31.2 Å². The number of carbonyl (C=O) groups is 1. The van der Waals surface area contributed by atoms with Gasteiger partial charge in [0.05, 0.1) is 10.7 Å². The van der Waals surface area contributed by atoms with E-state index in [0.717, 1.165) is 12.2 Å². The number of non-ortho nitro benzene ring substituents is 1. The number of nitro benzene ring substituents is 1. The van der Waals surface area contributed by atoms with Crippen LogP contribution in [0.15, 0.2) is 53.7 Å². The molecule has 3 rings (SSSR count). The van der Waals surface area contributed by atoms with Crippen LogP contribution in [0.5, 0.6) is 5.75 Å². The third kappa shape index (κ3) is 5.04. The molecule has 1 heterocycles. The van der Waals surface area contributed by atoms with E-state index in [0.29, 0.717) is 16.5 Å². The third-order valence-corrected chi connectivity index (χ3v) is 5.61. The zero-order valence-corrected chi connectivity index (χ0v) is 17.8. The van der Waals surface area contributed by atoms with Crippen molar-refractivity contribution < 1.29 is 14.5 Å². The Morgan fingerprint density at radius 1 is 1.23 bits per heavy atom. The van der Waals surface area contributed by atoms with Crippen molar-refractivity contribution in [1.82, 2.24) is 14.8 Å². The maximum atomic E-state index is 12.4. The summed E-state index contributed by atoms with van der Waals surface area (Å²) >= 11 is 1.23. The molecule has 8 nitrogen and oxygen atoms in total. The van der Waals surface area contributed by atoms with Crippen molar-refractivity contribution in [2.24, 2.45) is 7.05 Å². The van der Waals surface area contributed by atoms with Gasteiger partial charge in [-0.2, -0.15) is 0 Å². The van der Waals surface area contributed by atoms with Crippen LogP contribution in [0.4, 0.5) is 5.69 Å². The summed E-state index contributed by atoms with van der Waals surface area (Å²) in [5, 5.41) is 19.8. The number of Topliss-reactive ketones (excluding diaryl/α,β-unsaturated/α-hetero) is 1. The van der Waals surface area contributed by atoms with E-state index in [9.17, 15) is 14.9 Å². The summed E-state index contributed by atoms with van der Waals surface area (Å²) in [7, 11) is 1.82. The largest absolute Gasteiger partial charge is 0.483 e. The lowest BCUT2D eigenvalue weighted by Crippen LogP contribution is -2.10. The molecule has 1 atom stereocenters. The summed E-state index contributed by atoms with van der Waals surface area (Å²) in [6, 6.07) is 13.6. The molecular weight excluding hydrogens is 404 g/mol. The van der Waals surface area contributed by atoms with E-state index in [1.165, 1.54) is 35.5 Å². The fraction of sp³-hybridized carbons (Fsp3) is 0.286. The number of aromatic nitrogens is 3. The van der Waals surface area contributed by atoms with Crippen LogP contribution in [0.2, 0.25) is 0 Å². The highest BCUT2D eigenvalue weighted by molar-refractivity contribution is 7.99. The van der Waals surface area contributed by atoms with Crippen LogP contribution in [0, 0.1) is 10.1 Å². The lowest BCUT2D eigenvalue weighted by molar-refractivity contribution is -0.384. The highest BCUT2D eigenvalue weighted by Crippen LogP contribution is 2.25. The predicted molar refractivity (Wildman–Crippen MR) is 114 cm³/mol. The number of nitro groups is 1. The number of thioether (sulfide) groups is 1. The van der Waals surface area contributed by atoms with E-state index in [1.807, 2.05) is 38.2 Å². The number of nitrogens with zero attached hydrogens (tertiary/aromatic N) is 4. The fourth-order valence-electron chi connectivity index (χ4n) is 2.87. The van der Waals surface area contributed by atoms with Gasteiger partial charge in [-0.1, -0.05) is 43.0 Å². The van der Waals surface area contributed by atoms with Gasteiger partial charge in [-0.3, -0.25) is 14.9 Å². The Morgan fingerprint density at radius 2 is 1.97 bits per heavy atom. The second-order valence-electron chi connectivity index (χ2n) is 6.68. The lowest BCUT2D eigenvalue weighted by atomic mass is 10.1. The summed E-state index contributed by atoms with van der Waals surface area (Å²) in [5.41, 5.74) is 1.43. The standard InChI is InChI=1S/C21H22N4O4S/c1-4-15-8-10-18(11-9-15)29-14(2)20-22-23-21(24(20)3)30-13-19(26)16-6-5-7-17(12-16)25(27)28/h5-12,14H,4,13H2,1-3H3. The summed E-state index contributed by atoms with van der Waals surface area (Å²) in [6.07, 6.45) is 0.645. The molecule has 0 amide bonds. The van der Waals surface area contributed by atoms with Gasteiger partial charge >= 0.3 is 0 Å². The molecule has 0 spiro atoms. The molecule has 0 radical (unpaired) electrons. The number of carbonyl (C=O) groups excluding carboxylic acids is 1. The summed E-state index contributed by atoms with van der Waals surface area (Å²) in [4.78, 5) is 22.8. The van der Waals surface area contributed by atoms with Gasteiger partial charge < -0.3 is 9.30 Å². The topological polar surface area (TPSA) is 100 Å². The van der Waals surface area contributed by atoms with Crippen molar-refractivity contribution in [2.75, 3.05) is 5.75 Å². The molecule has 9 heteroatoms. The van der Waals surface area contributed by atoms with Crippen molar-refractivity contribution in [3.05, 3.63) is 75.6 Å². The van der Waals surface area contributed by atoms with Gasteiger partial charge in [-0.05, 0) is 31.0 Å². The first-order valence-corrected chi connectivity index (χ1v) is 10.4. The minimum Gasteiger partial charge on any atom is -0.483 e. The van der Waals surface area contributed by atoms with Gasteiger partial charge in [0, 0.05) is 24.7 Å². The molecule has 0 aliphatic rings. The Morgan fingerprint density at radius 3 is 2.63 bits per heavy atom. The number of hydrogen-bond acceptors (Lipinski definition) is 7. The monoisotopic (exact) mass is 426 g/mol. The maximum absolute atomic E-state index is 12.4. The van der Waals surface area contributed by atoms with E-state index in [-0.39, 0.29) is 23.3 Å². The number of ether oxygens (including phenoxy) is 1. The van der Waals surface area contributed by atoms with Crippen LogP contribution < -0.4 is 4.74 Å². The zero-order chi connectivity index (χ0) is 21.7. The molecule has 0 saturated heterocycles. The number of hydrogen-bond donors (Lipinski definition) is 0. The molecule has 1 unspecified atom stereocenters. The van der Waals surface area contributed by atoms with Crippen LogP contribution in [0.3, 0.4) is 0 Å². The second kappa shape index (κ2) is 9.53. The smallest absolute Gasteiger partial charge is 0.270 e. The summed E-state index contributed by atoms with van der Waals surface area (Å²) in [5.74, 6) is 1.27. The van der Waals surface area contributed by atoms with Crippen LogP contribution in [-0.2, 0) is 13.5 Å². The van der Waals surface area contributed by atoms with E-state index >= 15 is 0 Å². The molecule has 0 fully saturated rings. The molecule has 0 N–H and O–H groups in total. The molecule has 0 aliphatic heterocycles. The van der Waals surface area contributed by atoms with Crippen LogP contribution in [0.1, 0.15) is 41.7 Å². The molecule has 30 heavy (non-hydrogen) atoms. The Hall–Kier alpha value is -3.20. The van der Waals surface area contributed by atoms with Gasteiger partial charge in [0.1, 0.15) is 5.75 Å². The van der Waals surface area contributed by atoms with Crippen LogP contribution >= 0.6 is 11.8 Å². The van der Waals surface area contributed by atoms with Crippen molar-refractivity contribution in [3.63, 3.8) is 0 Å². The molecule has 1 aromatic heterocycles. The minimum atomic E-state index is -0.518. The molecule has 2 aromatic carbocycles. The molecule has 0 aliphatic carbocycles. The fourth-order valence-corrected chi connectivity index (χ4v) is 3.69. The molecule has 0 bridgehead atoms. The average molecular weight is 426 g/mol. The molecule has 3 aromatic rings. The quantitative estimate of drug-likeness (QED) is 0.216. The summed E-state index contributed by atoms with van der Waals surface area (Å²) < 4.78 is 7.75. The highest BCUT2D eigenvalue weighted by atomic mass is 32.2. The van der Waals surface area contributed by atoms with Gasteiger partial charge in [-0.25, -0.2) is 0 Å². The number of benzene rings is 2. The summed E-state index contributed by atoms with van der Waals surface area (Å²) in [6.45, 7) is 3.99. The Balaban J connectivity index is 1.63. The zero-order valence-electron chi connectivity index (χ0n) is 16.9. The van der Waals surface area contributed by atoms with Gasteiger partial charge in [0.2, 0.25) is 0 Å². The first kappa shape index (κ1) is 21.5. The van der Waals surface area contributed by atoms with E-state index in [2.05, 4.69) is 17.1 Å². The first-order valence-electron chi connectivity index (χ1n) is 9.44. The average Bonchev–Trinajstić information content (AvgIpc) is 3.13. The SMILES string of the molecule is CCc1ccc(OC(C)c2nnc(SCC(=O)c3cccc([N+](=O)[O-])c3)n2C)cc1. The number of aryl methyl sites for hydroxylation is 1. The van der Waals surface area contributed by atoms with Gasteiger partial charge in [-0.15, -0.1) is 10.2 Å². The Labute approximate surface area is 178 Å². The lowest BCUT2D eigenvalue weighted by Gasteiger charge is -2.14. The highest BCUT2D eigenvalue weighted by Gasteiger charge is 2.19.